The first-order valence-corrected chi connectivity index (χ1v) is 8.88. The van der Waals surface area contributed by atoms with Crippen molar-refractivity contribution in [1.82, 2.24) is 0 Å². The van der Waals surface area contributed by atoms with Crippen LogP contribution in [0.3, 0.4) is 0 Å². The van der Waals surface area contributed by atoms with Crippen LogP contribution in [0.5, 0.6) is 0 Å². The van der Waals surface area contributed by atoms with Gasteiger partial charge in [0.25, 0.3) is 0 Å². The number of anilines is 1. The lowest BCUT2D eigenvalue weighted by Gasteiger charge is -2.43. The third kappa shape index (κ3) is 1.73. The van der Waals surface area contributed by atoms with Crippen LogP contribution in [0.1, 0.15) is 25.3 Å². The number of halogens is 1. The Balaban J connectivity index is 1.63. The van der Waals surface area contributed by atoms with E-state index < -0.39 is 23.5 Å². The molecule has 6 atom stereocenters. The maximum absolute atomic E-state index is 13.3. The Hall–Kier alpha value is -1.58. The molecule has 0 aliphatic carbocycles. The number of ether oxygens (including phenoxy) is 2. The van der Waals surface area contributed by atoms with Crippen molar-refractivity contribution >= 4 is 23.2 Å². The van der Waals surface area contributed by atoms with Gasteiger partial charge in [0.2, 0.25) is 5.91 Å². The fraction of sp³-hybridized carbons (Fsp3) is 0.526. The van der Waals surface area contributed by atoms with E-state index in [0.717, 1.165) is 0 Å². The third-order valence-corrected chi connectivity index (χ3v) is 6.73. The number of nitrogens with zero attached hydrogens (tertiary/aromatic N) is 1. The summed E-state index contributed by atoms with van der Waals surface area (Å²) in [5, 5.41) is 11.1. The Bertz CT molecular complexity index is 835. The number of fused-ring (bicyclic) bond motifs is 2. The Labute approximate surface area is 150 Å². The molecule has 0 aromatic heterocycles. The molecule has 0 saturated carbocycles. The molecule has 5 rings (SSSR count). The van der Waals surface area contributed by atoms with E-state index in [1.807, 2.05) is 6.92 Å². The number of aliphatic hydroxyl groups is 1. The molecule has 4 saturated heterocycles. The predicted octanol–water partition coefficient (Wildman–Crippen LogP) is 1.94. The molecule has 0 unspecified atom stereocenters. The molecule has 4 aliphatic heterocycles. The summed E-state index contributed by atoms with van der Waals surface area (Å²) in [6.07, 6.45) is 5.59. The Kier molecular flexibility index (Phi) is 2.99. The SMILES string of the molecule is C#Cc1cc(N2C(=O)[C@H]3[C@H]4[C@@H]2OCC[C@@]42O[C@]3(C)C[C@@H]2O)ccc1Cl. The summed E-state index contributed by atoms with van der Waals surface area (Å²) in [7, 11) is 0. The second-order valence-electron chi connectivity index (χ2n) is 7.62. The first-order chi connectivity index (χ1) is 11.9. The van der Waals surface area contributed by atoms with Crippen molar-refractivity contribution < 1.29 is 19.4 Å². The van der Waals surface area contributed by atoms with Crippen LogP contribution in [0.4, 0.5) is 5.69 Å². The minimum Gasteiger partial charge on any atom is -0.390 e. The molecule has 5 nitrogen and oxygen atoms in total. The van der Waals surface area contributed by atoms with Crippen molar-refractivity contribution in [1.29, 1.82) is 0 Å². The maximum Gasteiger partial charge on any atom is 0.235 e. The second kappa shape index (κ2) is 4.77. The van der Waals surface area contributed by atoms with Crippen molar-refractivity contribution in [2.45, 2.75) is 43.3 Å². The Morgan fingerprint density at radius 3 is 3.04 bits per heavy atom. The summed E-state index contributed by atoms with van der Waals surface area (Å²) >= 11 is 6.11. The zero-order valence-corrected chi connectivity index (χ0v) is 14.5. The minimum atomic E-state index is -0.686. The van der Waals surface area contributed by atoms with Gasteiger partial charge in [0.15, 0.2) is 0 Å². The summed E-state index contributed by atoms with van der Waals surface area (Å²) in [5.41, 5.74) is -0.117. The van der Waals surface area contributed by atoms with Gasteiger partial charge < -0.3 is 14.6 Å². The molecule has 1 aromatic carbocycles. The maximum atomic E-state index is 13.3. The summed E-state index contributed by atoms with van der Waals surface area (Å²) < 4.78 is 12.3. The van der Waals surface area contributed by atoms with Gasteiger partial charge in [0.1, 0.15) is 11.8 Å². The van der Waals surface area contributed by atoms with Crippen LogP contribution in [0.25, 0.3) is 0 Å². The van der Waals surface area contributed by atoms with Crippen LogP contribution >= 0.6 is 11.6 Å². The molecule has 4 fully saturated rings. The lowest BCUT2D eigenvalue weighted by atomic mass is 9.65. The molecule has 4 aliphatic rings. The number of benzene rings is 1. The largest absolute Gasteiger partial charge is 0.390 e. The topological polar surface area (TPSA) is 59.0 Å². The number of terminal acetylenes is 1. The monoisotopic (exact) mass is 359 g/mol. The van der Waals surface area contributed by atoms with E-state index in [9.17, 15) is 9.90 Å². The average molecular weight is 360 g/mol. The molecule has 130 valence electrons. The van der Waals surface area contributed by atoms with E-state index in [2.05, 4.69) is 5.92 Å². The predicted molar refractivity (Wildman–Crippen MR) is 91.1 cm³/mol. The highest BCUT2D eigenvalue weighted by Gasteiger charge is 2.78. The van der Waals surface area contributed by atoms with Crippen LogP contribution in [0.15, 0.2) is 18.2 Å². The van der Waals surface area contributed by atoms with E-state index in [1.54, 1.807) is 23.1 Å². The van der Waals surface area contributed by atoms with Gasteiger partial charge in [-0.05, 0) is 25.1 Å². The number of hydrogen-bond donors (Lipinski definition) is 1. The van der Waals surface area contributed by atoms with Crippen LogP contribution in [-0.4, -0.2) is 41.2 Å². The first kappa shape index (κ1) is 15.7. The Morgan fingerprint density at radius 1 is 1.48 bits per heavy atom. The zero-order valence-electron chi connectivity index (χ0n) is 13.7. The third-order valence-electron chi connectivity index (χ3n) is 6.40. The van der Waals surface area contributed by atoms with Gasteiger partial charge >= 0.3 is 0 Å². The standard InChI is InChI=1S/C19H18ClNO4/c1-3-10-8-11(4-5-12(10)20)21-16(23)14-15-17(21)24-7-6-19(15)13(22)9-18(14,2)25-19/h1,4-5,8,13-15,17,22H,6-7,9H2,2H3/t13-,14+,15-,17-,18+,19-/m0/s1. The summed E-state index contributed by atoms with van der Waals surface area (Å²) in [5.74, 6) is 2.03. The van der Waals surface area contributed by atoms with Gasteiger partial charge in [-0.15, -0.1) is 6.42 Å². The fourth-order valence-electron chi connectivity index (χ4n) is 5.45. The number of rotatable bonds is 1. The molecule has 4 heterocycles. The van der Waals surface area contributed by atoms with Crippen molar-refractivity contribution in [2.24, 2.45) is 11.8 Å². The number of carbonyl (C=O) groups excluding carboxylic acids is 1. The lowest BCUT2D eigenvalue weighted by Crippen LogP contribution is -2.56. The smallest absolute Gasteiger partial charge is 0.235 e. The van der Waals surface area contributed by atoms with Crippen LogP contribution < -0.4 is 4.90 Å². The highest BCUT2D eigenvalue weighted by atomic mass is 35.5. The van der Waals surface area contributed by atoms with E-state index >= 15 is 0 Å². The van der Waals surface area contributed by atoms with Crippen LogP contribution in [0.2, 0.25) is 5.02 Å². The van der Waals surface area contributed by atoms with Gasteiger partial charge in [-0.1, -0.05) is 17.5 Å². The number of aliphatic hydroxyl groups excluding tert-OH is 1. The van der Waals surface area contributed by atoms with Gasteiger partial charge in [0.05, 0.1) is 35.2 Å². The highest BCUT2D eigenvalue weighted by Crippen LogP contribution is 2.65. The molecule has 1 N–H and O–H groups in total. The van der Waals surface area contributed by atoms with E-state index in [-0.39, 0.29) is 17.7 Å². The highest BCUT2D eigenvalue weighted by molar-refractivity contribution is 6.31. The molecule has 25 heavy (non-hydrogen) atoms. The van der Waals surface area contributed by atoms with Gasteiger partial charge in [-0.3, -0.25) is 9.69 Å². The molecular weight excluding hydrogens is 342 g/mol. The van der Waals surface area contributed by atoms with Crippen molar-refractivity contribution in [3.05, 3.63) is 28.8 Å². The van der Waals surface area contributed by atoms with E-state index in [0.29, 0.717) is 35.7 Å². The van der Waals surface area contributed by atoms with Crippen molar-refractivity contribution in [3.8, 4) is 12.3 Å². The molecule has 0 radical (unpaired) electrons. The fourth-order valence-corrected chi connectivity index (χ4v) is 5.62. The lowest BCUT2D eigenvalue weighted by molar-refractivity contribution is -0.163. The van der Waals surface area contributed by atoms with Crippen molar-refractivity contribution in [2.75, 3.05) is 11.5 Å². The minimum absolute atomic E-state index is 0.0292. The summed E-state index contributed by atoms with van der Waals surface area (Å²) in [6, 6.07) is 5.23. The zero-order chi connectivity index (χ0) is 17.6. The summed E-state index contributed by atoms with van der Waals surface area (Å²) in [6.45, 7) is 2.38. The molecule has 6 heteroatoms. The van der Waals surface area contributed by atoms with Crippen molar-refractivity contribution in [3.63, 3.8) is 0 Å². The Morgan fingerprint density at radius 2 is 2.28 bits per heavy atom. The summed E-state index contributed by atoms with van der Waals surface area (Å²) in [4.78, 5) is 15.0. The van der Waals surface area contributed by atoms with Crippen LogP contribution in [-0.2, 0) is 14.3 Å². The van der Waals surface area contributed by atoms with E-state index in [1.165, 1.54) is 0 Å². The molecule has 1 aromatic rings. The van der Waals surface area contributed by atoms with Gasteiger partial charge in [-0.25, -0.2) is 0 Å². The first-order valence-electron chi connectivity index (χ1n) is 8.50. The normalized spacial score (nSPS) is 44.1. The second-order valence-corrected chi connectivity index (χ2v) is 8.03. The molecule has 1 spiro atoms. The number of carbonyl (C=O) groups is 1. The number of hydrogen-bond acceptors (Lipinski definition) is 4. The van der Waals surface area contributed by atoms with Gasteiger partial charge in [0, 0.05) is 24.1 Å². The molecule has 1 amide bonds. The molecular formula is C19H18ClNO4. The number of amides is 1. The molecule has 2 bridgehead atoms. The van der Waals surface area contributed by atoms with Gasteiger partial charge in [-0.2, -0.15) is 0 Å². The van der Waals surface area contributed by atoms with E-state index in [4.69, 9.17) is 27.5 Å². The quantitative estimate of drug-likeness (QED) is 0.778. The average Bonchev–Trinajstić information content (AvgIpc) is 3.12. The van der Waals surface area contributed by atoms with Crippen LogP contribution in [0, 0.1) is 24.2 Å².